The van der Waals surface area contributed by atoms with E-state index in [1.807, 2.05) is 18.2 Å². The molecule has 1 aromatic heterocycles. The van der Waals surface area contributed by atoms with Gasteiger partial charge in [0.2, 0.25) is 0 Å². The van der Waals surface area contributed by atoms with E-state index < -0.39 is 5.60 Å². The first-order valence-corrected chi connectivity index (χ1v) is 11.6. The molecule has 0 unspecified atom stereocenters. The maximum Gasteiger partial charge on any atom is 0.126 e. The topological polar surface area (TPSA) is 39.6 Å². The Balaban J connectivity index is 1.16. The van der Waals surface area contributed by atoms with Crippen molar-refractivity contribution in [2.24, 2.45) is 0 Å². The minimum absolute atomic E-state index is 0.600. The Hall–Kier alpha value is -1.79. The van der Waals surface area contributed by atoms with Crippen molar-refractivity contribution in [1.82, 2.24) is 14.8 Å². The highest BCUT2D eigenvalue weighted by Crippen LogP contribution is 2.41. The van der Waals surface area contributed by atoms with Gasteiger partial charge in [0.15, 0.2) is 0 Å². The molecule has 152 valence electrons. The van der Waals surface area contributed by atoms with E-state index in [1.165, 1.54) is 10.3 Å². The normalized spacial score (nSPS) is 26.7. The van der Waals surface area contributed by atoms with E-state index in [0.717, 1.165) is 68.9 Å². The van der Waals surface area contributed by atoms with E-state index in [0.29, 0.717) is 6.04 Å². The molecular weight excluding hydrogens is 378 g/mol. The molecule has 0 atom stereocenters. The molecule has 2 fully saturated rings. The summed E-state index contributed by atoms with van der Waals surface area (Å²) in [4.78, 5) is 9.96. The number of piperazine rings is 1. The molecule has 0 radical (unpaired) electrons. The number of benzene rings is 2. The average Bonchev–Trinajstić information content (AvgIpc) is 3.21. The van der Waals surface area contributed by atoms with Gasteiger partial charge in [-0.25, -0.2) is 4.98 Å². The summed E-state index contributed by atoms with van der Waals surface area (Å²) >= 11 is 1.66. The van der Waals surface area contributed by atoms with Crippen LogP contribution in [0.2, 0.25) is 0 Å². The van der Waals surface area contributed by atoms with Gasteiger partial charge in [0.25, 0.3) is 0 Å². The van der Waals surface area contributed by atoms with Gasteiger partial charge in [-0.2, -0.15) is 0 Å². The summed E-state index contributed by atoms with van der Waals surface area (Å²) in [5.74, 6) is 0. The summed E-state index contributed by atoms with van der Waals surface area (Å²) < 4.78 is 1.17. The third-order valence-corrected chi connectivity index (χ3v) is 7.88. The van der Waals surface area contributed by atoms with Gasteiger partial charge in [-0.05, 0) is 43.4 Å². The zero-order chi connectivity index (χ0) is 19.7. The highest BCUT2D eigenvalue weighted by molar-refractivity contribution is 7.18. The molecule has 1 aliphatic heterocycles. The monoisotopic (exact) mass is 407 g/mol. The molecule has 4 nitrogen and oxygen atoms in total. The number of hydrogen-bond donors (Lipinski definition) is 1. The second-order valence-electron chi connectivity index (χ2n) is 8.55. The fourth-order valence-electron chi connectivity index (χ4n) is 4.86. The van der Waals surface area contributed by atoms with Gasteiger partial charge >= 0.3 is 0 Å². The molecule has 0 amide bonds. The van der Waals surface area contributed by atoms with Gasteiger partial charge in [0.05, 0.1) is 10.2 Å². The van der Waals surface area contributed by atoms with E-state index in [2.05, 4.69) is 46.2 Å². The lowest BCUT2D eigenvalue weighted by Crippen LogP contribution is -2.51. The molecule has 5 heteroatoms. The Morgan fingerprint density at radius 3 is 2.34 bits per heavy atom. The Morgan fingerprint density at radius 2 is 1.62 bits per heavy atom. The summed E-state index contributed by atoms with van der Waals surface area (Å²) in [6, 6.07) is 19.6. The summed E-state index contributed by atoms with van der Waals surface area (Å²) in [5, 5.41) is 12.2. The van der Waals surface area contributed by atoms with Gasteiger partial charge in [-0.15, -0.1) is 11.3 Å². The summed E-state index contributed by atoms with van der Waals surface area (Å²) in [6.07, 6.45) is 3.76. The number of aliphatic hydroxyl groups is 1. The zero-order valence-electron chi connectivity index (χ0n) is 16.8. The molecule has 5 rings (SSSR count). The van der Waals surface area contributed by atoms with Crippen LogP contribution in [0.1, 0.15) is 36.3 Å². The van der Waals surface area contributed by atoms with E-state index in [9.17, 15) is 5.11 Å². The lowest BCUT2D eigenvalue weighted by atomic mass is 9.82. The highest BCUT2D eigenvalue weighted by Gasteiger charge is 2.39. The molecule has 1 saturated carbocycles. The van der Waals surface area contributed by atoms with Crippen LogP contribution in [0.15, 0.2) is 54.6 Å². The van der Waals surface area contributed by atoms with Crippen LogP contribution < -0.4 is 0 Å². The van der Waals surface area contributed by atoms with Crippen molar-refractivity contribution in [1.29, 1.82) is 0 Å². The van der Waals surface area contributed by atoms with E-state index in [1.54, 1.807) is 11.3 Å². The summed E-state index contributed by atoms with van der Waals surface area (Å²) in [6.45, 7) is 5.59. The van der Waals surface area contributed by atoms with Crippen LogP contribution in [0, 0.1) is 0 Å². The van der Waals surface area contributed by atoms with Crippen LogP contribution in [-0.2, 0) is 12.1 Å². The SMILES string of the molecule is OC1(c2nc3ccccc3s2)CCC(N2CCN(Cc3ccccc3)CC2)CC1. The quantitative estimate of drug-likeness (QED) is 0.702. The molecular formula is C24H29N3OS. The third kappa shape index (κ3) is 4.10. The van der Waals surface area contributed by atoms with E-state index >= 15 is 0 Å². The van der Waals surface area contributed by atoms with Crippen molar-refractivity contribution >= 4 is 21.6 Å². The van der Waals surface area contributed by atoms with Crippen LogP contribution in [0.3, 0.4) is 0 Å². The minimum atomic E-state index is -0.741. The molecule has 1 aliphatic carbocycles. The number of para-hydroxylation sites is 1. The van der Waals surface area contributed by atoms with Crippen molar-refractivity contribution in [2.75, 3.05) is 26.2 Å². The summed E-state index contributed by atoms with van der Waals surface area (Å²) in [5.41, 5.74) is 1.67. The van der Waals surface area contributed by atoms with Crippen molar-refractivity contribution in [3.63, 3.8) is 0 Å². The molecule has 0 spiro atoms. The predicted molar refractivity (Wildman–Crippen MR) is 119 cm³/mol. The van der Waals surface area contributed by atoms with Gasteiger partial charge in [0.1, 0.15) is 10.6 Å². The standard InChI is InChI=1S/C24H29N3OS/c28-24(23-25-21-8-4-5-9-22(21)29-23)12-10-20(11-13-24)27-16-14-26(15-17-27)18-19-6-2-1-3-7-19/h1-9,20,28H,10-18H2. The third-order valence-electron chi connectivity index (χ3n) is 6.65. The Bertz CT molecular complexity index is 908. The van der Waals surface area contributed by atoms with Gasteiger partial charge in [-0.1, -0.05) is 42.5 Å². The smallest absolute Gasteiger partial charge is 0.126 e. The van der Waals surface area contributed by atoms with Crippen LogP contribution in [0.5, 0.6) is 0 Å². The molecule has 2 aliphatic rings. The van der Waals surface area contributed by atoms with Crippen LogP contribution in [0.4, 0.5) is 0 Å². The first-order chi connectivity index (χ1) is 14.2. The van der Waals surface area contributed by atoms with Gasteiger partial charge in [-0.3, -0.25) is 9.80 Å². The number of thiazole rings is 1. The molecule has 1 N–H and O–H groups in total. The molecule has 0 bridgehead atoms. The Kier molecular flexibility index (Phi) is 5.39. The molecule has 3 aromatic rings. The second kappa shape index (κ2) is 8.15. The molecule has 1 saturated heterocycles. The van der Waals surface area contributed by atoms with Crippen molar-refractivity contribution in [2.45, 2.75) is 43.9 Å². The first kappa shape index (κ1) is 19.2. The van der Waals surface area contributed by atoms with Crippen molar-refractivity contribution in [3.8, 4) is 0 Å². The largest absolute Gasteiger partial charge is 0.383 e. The first-order valence-electron chi connectivity index (χ1n) is 10.8. The highest BCUT2D eigenvalue weighted by atomic mass is 32.1. The van der Waals surface area contributed by atoms with Crippen LogP contribution >= 0.6 is 11.3 Å². The second-order valence-corrected chi connectivity index (χ2v) is 9.58. The maximum atomic E-state index is 11.3. The van der Waals surface area contributed by atoms with Gasteiger partial charge in [0, 0.05) is 38.8 Å². The van der Waals surface area contributed by atoms with Crippen molar-refractivity contribution in [3.05, 3.63) is 65.2 Å². The Labute approximate surface area is 176 Å². The maximum absolute atomic E-state index is 11.3. The average molecular weight is 408 g/mol. The predicted octanol–water partition coefficient (Wildman–Crippen LogP) is 4.24. The molecule has 29 heavy (non-hydrogen) atoms. The molecule has 2 aromatic carbocycles. The lowest BCUT2D eigenvalue weighted by molar-refractivity contribution is -0.0320. The number of hydrogen-bond acceptors (Lipinski definition) is 5. The number of aromatic nitrogens is 1. The minimum Gasteiger partial charge on any atom is -0.383 e. The van der Waals surface area contributed by atoms with Gasteiger partial charge < -0.3 is 5.11 Å². The fraction of sp³-hybridized carbons (Fsp3) is 0.458. The number of fused-ring (bicyclic) bond motifs is 1. The molecule has 2 heterocycles. The Morgan fingerprint density at radius 1 is 0.931 bits per heavy atom. The number of nitrogens with zero attached hydrogens (tertiary/aromatic N) is 3. The fourth-order valence-corrected chi connectivity index (χ4v) is 5.97. The summed E-state index contributed by atoms with van der Waals surface area (Å²) in [7, 11) is 0. The lowest BCUT2D eigenvalue weighted by Gasteiger charge is -2.43. The van der Waals surface area contributed by atoms with E-state index in [4.69, 9.17) is 4.98 Å². The van der Waals surface area contributed by atoms with Crippen molar-refractivity contribution < 1.29 is 5.11 Å². The van der Waals surface area contributed by atoms with Crippen LogP contribution in [-0.4, -0.2) is 52.1 Å². The van der Waals surface area contributed by atoms with Crippen LogP contribution in [0.25, 0.3) is 10.2 Å². The van der Waals surface area contributed by atoms with E-state index in [-0.39, 0.29) is 0 Å². The number of rotatable bonds is 4. The zero-order valence-corrected chi connectivity index (χ0v) is 17.7.